The first-order chi connectivity index (χ1) is 8.98. The van der Waals surface area contributed by atoms with Gasteiger partial charge < -0.3 is 10.5 Å². The highest BCUT2D eigenvalue weighted by atomic mass is 32.2. The molecule has 20 heavy (non-hydrogen) atoms. The zero-order valence-electron chi connectivity index (χ0n) is 12.6. The molecule has 0 spiro atoms. The molecule has 118 valence electrons. The summed E-state index contributed by atoms with van der Waals surface area (Å²) in [4.78, 5) is 11.9. The van der Waals surface area contributed by atoms with E-state index in [2.05, 4.69) is 0 Å². The highest BCUT2D eigenvalue weighted by molar-refractivity contribution is 7.86. The maximum Gasteiger partial charge on any atom is 0.323 e. The Bertz CT molecular complexity index is 432. The predicted octanol–water partition coefficient (Wildman–Crippen LogP) is 1.19. The molecule has 0 bridgehead atoms. The second kappa shape index (κ2) is 6.41. The molecule has 7 heteroatoms. The first-order valence-corrected chi connectivity index (χ1v) is 8.66. The highest BCUT2D eigenvalue weighted by Crippen LogP contribution is 2.29. The fourth-order valence-corrected chi connectivity index (χ4v) is 3.04. The number of nitrogens with two attached hydrogens (primary N) is 1. The van der Waals surface area contributed by atoms with Crippen molar-refractivity contribution in [1.82, 2.24) is 0 Å². The van der Waals surface area contributed by atoms with Gasteiger partial charge in [-0.05, 0) is 52.4 Å². The molecule has 0 radical (unpaired) electrons. The molecule has 1 unspecified atom stereocenters. The van der Waals surface area contributed by atoms with E-state index in [0.717, 1.165) is 6.26 Å². The Hall–Kier alpha value is -0.660. The largest absolute Gasteiger partial charge is 0.459 e. The van der Waals surface area contributed by atoms with Gasteiger partial charge in [0.15, 0.2) is 0 Å². The number of esters is 1. The Morgan fingerprint density at radius 2 is 1.70 bits per heavy atom. The molecule has 0 aromatic rings. The summed E-state index contributed by atoms with van der Waals surface area (Å²) >= 11 is 0. The summed E-state index contributed by atoms with van der Waals surface area (Å²) < 4.78 is 32.3. The van der Waals surface area contributed by atoms with Crippen molar-refractivity contribution in [1.29, 1.82) is 0 Å². The molecule has 0 saturated heterocycles. The smallest absolute Gasteiger partial charge is 0.323 e. The van der Waals surface area contributed by atoms with Gasteiger partial charge in [-0.25, -0.2) is 0 Å². The van der Waals surface area contributed by atoms with Crippen molar-refractivity contribution in [3.8, 4) is 0 Å². The minimum absolute atomic E-state index is 0.0178. The minimum Gasteiger partial charge on any atom is -0.459 e. The van der Waals surface area contributed by atoms with Crippen molar-refractivity contribution in [2.45, 2.75) is 64.2 Å². The van der Waals surface area contributed by atoms with E-state index in [0.29, 0.717) is 25.7 Å². The number of ether oxygens (including phenoxy) is 1. The summed E-state index contributed by atoms with van der Waals surface area (Å²) in [5.41, 5.74) is 5.39. The monoisotopic (exact) mass is 307 g/mol. The summed E-state index contributed by atoms with van der Waals surface area (Å²) in [5, 5.41) is 0. The molecule has 0 heterocycles. The lowest BCUT2D eigenvalue weighted by Crippen LogP contribution is -2.44. The van der Waals surface area contributed by atoms with Gasteiger partial charge in [0, 0.05) is 0 Å². The Balaban J connectivity index is 2.47. The molecule has 1 saturated carbocycles. The number of carbonyl (C=O) groups is 1. The molecular formula is C13H25NO5S. The predicted molar refractivity (Wildman–Crippen MR) is 75.5 cm³/mol. The molecular weight excluding hydrogens is 282 g/mol. The van der Waals surface area contributed by atoms with Crippen LogP contribution in [0.1, 0.15) is 46.5 Å². The van der Waals surface area contributed by atoms with Crippen LogP contribution >= 0.6 is 0 Å². The van der Waals surface area contributed by atoms with Gasteiger partial charge in [-0.3, -0.25) is 8.98 Å². The van der Waals surface area contributed by atoms with Gasteiger partial charge in [0.2, 0.25) is 0 Å². The fraction of sp³-hybridized carbons (Fsp3) is 0.923. The van der Waals surface area contributed by atoms with E-state index < -0.39 is 27.7 Å². The van der Waals surface area contributed by atoms with Crippen molar-refractivity contribution in [2.24, 2.45) is 11.7 Å². The average Bonchev–Trinajstić information content (AvgIpc) is 2.24. The fourth-order valence-electron chi connectivity index (χ4n) is 2.35. The zero-order chi connectivity index (χ0) is 15.6. The van der Waals surface area contributed by atoms with Crippen LogP contribution in [0.15, 0.2) is 0 Å². The molecule has 2 N–H and O–H groups in total. The van der Waals surface area contributed by atoms with E-state index >= 15 is 0 Å². The van der Waals surface area contributed by atoms with Crippen LogP contribution in [-0.4, -0.2) is 38.4 Å². The second-order valence-electron chi connectivity index (χ2n) is 6.40. The van der Waals surface area contributed by atoms with Gasteiger partial charge in [-0.2, -0.15) is 8.42 Å². The van der Waals surface area contributed by atoms with Crippen molar-refractivity contribution in [3.05, 3.63) is 0 Å². The Kier molecular flexibility index (Phi) is 5.57. The van der Waals surface area contributed by atoms with Crippen LogP contribution in [0.3, 0.4) is 0 Å². The van der Waals surface area contributed by atoms with Gasteiger partial charge >= 0.3 is 5.97 Å². The Morgan fingerprint density at radius 1 is 1.20 bits per heavy atom. The molecule has 6 nitrogen and oxygen atoms in total. The van der Waals surface area contributed by atoms with Crippen LogP contribution < -0.4 is 5.73 Å². The van der Waals surface area contributed by atoms with Crippen LogP contribution in [0.2, 0.25) is 0 Å². The second-order valence-corrected chi connectivity index (χ2v) is 8.00. The van der Waals surface area contributed by atoms with E-state index in [1.807, 2.05) is 0 Å². The topological polar surface area (TPSA) is 95.7 Å². The van der Waals surface area contributed by atoms with Gasteiger partial charge in [0.05, 0.1) is 12.4 Å². The van der Waals surface area contributed by atoms with Gasteiger partial charge in [-0.1, -0.05) is 0 Å². The maximum absolute atomic E-state index is 11.9. The van der Waals surface area contributed by atoms with Crippen LogP contribution in [0.4, 0.5) is 0 Å². The maximum atomic E-state index is 11.9. The first kappa shape index (κ1) is 17.4. The zero-order valence-corrected chi connectivity index (χ0v) is 13.4. The summed E-state index contributed by atoms with van der Waals surface area (Å²) in [6.45, 7) is 5.40. The Morgan fingerprint density at radius 3 is 2.10 bits per heavy atom. The number of rotatable bonds is 4. The van der Waals surface area contributed by atoms with E-state index in [4.69, 9.17) is 14.7 Å². The quantitative estimate of drug-likeness (QED) is 0.619. The van der Waals surface area contributed by atoms with Crippen LogP contribution in [-0.2, 0) is 23.8 Å². The van der Waals surface area contributed by atoms with E-state index in [1.165, 1.54) is 0 Å². The summed E-state index contributed by atoms with van der Waals surface area (Å²) in [6.07, 6.45) is 3.27. The summed E-state index contributed by atoms with van der Waals surface area (Å²) in [6, 6.07) is -0.659. The molecule has 1 rings (SSSR count). The SMILES string of the molecule is CC(C)(C)OC(=O)C(N)C1CCC(OS(C)(=O)=O)CC1. The number of hydrogen-bond acceptors (Lipinski definition) is 6. The lowest BCUT2D eigenvalue weighted by Gasteiger charge is -2.31. The van der Waals surface area contributed by atoms with E-state index in [-0.39, 0.29) is 12.0 Å². The molecule has 0 amide bonds. The minimum atomic E-state index is -3.42. The lowest BCUT2D eigenvalue weighted by atomic mass is 9.83. The molecule has 0 aliphatic heterocycles. The standard InChI is InChI=1S/C13H25NO5S/c1-13(2,3)18-12(15)11(14)9-5-7-10(8-6-9)19-20(4,16)17/h9-11H,5-8,14H2,1-4H3. The lowest BCUT2D eigenvalue weighted by molar-refractivity contribution is -0.158. The van der Waals surface area contributed by atoms with Crippen molar-refractivity contribution < 1.29 is 22.1 Å². The summed E-state index contributed by atoms with van der Waals surface area (Å²) in [5.74, 6) is -0.380. The average molecular weight is 307 g/mol. The number of carbonyl (C=O) groups excluding carboxylic acids is 1. The third-order valence-electron chi connectivity index (χ3n) is 3.22. The number of hydrogen-bond donors (Lipinski definition) is 1. The molecule has 1 aliphatic rings. The Labute approximate surface area is 121 Å². The van der Waals surface area contributed by atoms with Gasteiger partial charge in [0.25, 0.3) is 10.1 Å². The molecule has 0 aromatic carbocycles. The van der Waals surface area contributed by atoms with E-state index in [1.54, 1.807) is 20.8 Å². The third kappa shape index (κ3) is 6.19. The van der Waals surface area contributed by atoms with Crippen LogP contribution in [0.5, 0.6) is 0 Å². The molecule has 1 fully saturated rings. The first-order valence-electron chi connectivity index (χ1n) is 6.84. The highest BCUT2D eigenvalue weighted by Gasteiger charge is 2.33. The molecule has 1 aliphatic carbocycles. The van der Waals surface area contributed by atoms with Gasteiger partial charge in [-0.15, -0.1) is 0 Å². The molecule has 1 atom stereocenters. The van der Waals surface area contributed by atoms with E-state index in [9.17, 15) is 13.2 Å². The van der Waals surface area contributed by atoms with Gasteiger partial charge in [0.1, 0.15) is 11.6 Å². The van der Waals surface area contributed by atoms with Crippen LogP contribution in [0, 0.1) is 5.92 Å². The van der Waals surface area contributed by atoms with Crippen molar-refractivity contribution >= 4 is 16.1 Å². The molecule has 0 aromatic heterocycles. The van der Waals surface area contributed by atoms with Crippen molar-refractivity contribution in [2.75, 3.05) is 6.26 Å². The summed E-state index contributed by atoms with van der Waals surface area (Å²) in [7, 11) is -3.42. The van der Waals surface area contributed by atoms with Crippen LogP contribution in [0.25, 0.3) is 0 Å². The normalized spacial score (nSPS) is 26.1. The third-order valence-corrected chi connectivity index (χ3v) is 3.84. The van der Waals surface area contributed by atoms with Crippen molar-refractivity contribution in [3.63, 3.8) is 0 Å².